The third kappa shape index (κ3) is 3.85. The van der Waals surface area contributed by atoms with Crippen LogP contribution >= 0.6 is 0 Å². The van der Waals surface area contributed by atoms with Gasteiger partial charge in [-0.15, -0.1) is 0 Å². The molecule has 19 heavy (non-hydrogen) atoms. The minimum Gasteiger partial charge on any atom is -0.545 e. The molecule has 0 radical (unpaired) electrons. The molecule has 1 aromatic heterocycles. The number of rotatable bonds is 3. The van der Waals surface area contributed by atoms with Gasteiger partial charge in [-0.1, -0.05) is 0 Å². The Morgan fingerprint density at radius 3 is 2.42 bits per heavy atom. The molecular formula is C14H12LiNO3. The summed E-state index contributed by atoms with van der Waals surface area (Å²) in [5.74, 6) is 0.0293. The van der Waals surface area contributed by atoms with Crippen LogP contribution in [0.1, 0.15) is 21.6 Å². The van der Waals surface area contributed by atoms with Crippen LogP contribution < -0.4 is 28.7 Å². The summed E-state index contributed by atoms with van der Waals surface area (Å²) in [5, 5.41) is 10.6. The van der Waals surface area contributed by atoms with Crippen molar-refractivity contribution >= 4 is 5.97 Å². The average molecular weight is 249 g/mol. The Hall–Kier alpha value is -1.76. The normalized spacial score (nSPS) is 9.58. The van der Waals surface area contributed by atoms with Crippen LogP contribution in [0, 0.1) is 13.8 Å². The van der Waals surface area contributed by atoms with Gasteiger partial charge in [0.15, 0.2) is 0 Å². The molecule has 0 atom stereocenters. The minimum atomic E-state index is -1.20. The Morgan fingerprint density at radius 1 is 1.21 bits per heavy atom. The van der Waals surface area contributed by atoms with E-state index in [-0.39, 0.29) is 24.4 Å². The van der Waals surface area contributed by atoms with Crippen molar-refractivity contribution in [1.82, 2.24) is 4.98 Å². The van der Waals surface area contributed by atoms with E-state index in [1.54, 1.807) is 18.3 Å². The van der Waals surface area contributed by atoms with Gasteiger partial charge >= 0.3 is 18.9 Å². The predicted molar refractivity (Wildman–Crippen MR) is 64.6 cm³/mol. The molecule has 0 amide bonds. The van der Waals surface area contributed by atoms with Crippen molar-refractivity contribution in [3.8, 4) is 11.5 Å². The number of hydrogen-bond acceptors (Lipinski definition) is 4. The van der Waals surface area contributed by atoms with Crippen molar-refractivity contribution in [2.24, 2.45) is 0 Å². The zero-order chi connectivity index (χ0) is 13.1. The van der Waals surface area contributed by atoms with Crippen LogP contribution in [0.5, 0.6) is 11.5 Å². The first-order valence-electron chi connectivity index (χ1n) is 5.49. The van der Waals surface area contributed by atoms with E-state index in [9.17, 15) is 9.90 Å². The SMILES string of the molecule is Cc1cnc(C)c(Oc2ccc(C(=O)[O-])cc2)c1.[Li+]. The first-order valence-corrected chi connectivity index (χ1v) is 5.49. The Bertz CT molecular complexity index is 582. The van der Waals surface area contributed by atoms with E-state index in [1.807, 2.05) is 19.9 Å². The van der Waals surface area contributed by atoms with Crippen molar-refractivity contribution in [2.75, 3.05) is 0 Å². The molecule has 5 heteroatoms. The van der Waals surface area contributed by atoms with Gasteiger partial charge in [-0.25, -0.2) is 0 Å². The number of carbonyl (C=O) groups excluding carboxylic acids is 1. The molecule has 1 heterocycles. The summed E-state index contributed by atoms with van der Waals surface area (Å²) in [6.07, 6.45) is 1.77. The van der Waals surface area contributed by atoms with Gasteiger partial charge in [-0.05, 0) is 55.3 Å². The smallest absolute Gasteiger partial charge is 0.545 e. The Balaban J connectivity index is 0.00000180. The summed E-state index contributed by atoms with van der Waals surface area (Å²) in [6, 6.07) is 7.96. The van der Waals surface area contributed by atoms with E-state index >= 15 is 0 Å². The molecule has 0 aliphatic rings. The fourth-order valence-corrected chi connectivity index (χ4v) is 1.50. The molecule has 0 aliphatic carbocycles. The van der Waals surface area contributed by atoms with E-state index in [2.05, 4.69) is 4.98 Å². The second kappa shape index (κ2) is 6.42. The third-order valence-corrected chi connectivity index (χ3v) is 2.50. The number of pyridine rings is 1. The van der Waals surface area contributed by atoms with E-state index in [0.717, 1.165) is 11.3 Å². The number of hydrogen-bond donors (Lipinski definition) is 0. The van der Waals surface area contributed by atoms with Crippen molar-refractivity contribution in [2.45, 2.75) is 13.8 Å². The van der Waals surface area contributed by atoms with E-state index in [1.165, 1.54) is 12.1 Å². The number of carboxylic acids is 1. The van der Waals surface area contributed by atoms with Crippen molar-refractivity contribution in [1.29, 1.82) is 0 Å². The number of benzene rings is 1. The molecule has 2 aromatic rings. The summed E-state index contributed by atoms with van der Waals surface area (Å²) in [7, 11) is 0. The van der Waals surface area contributed by atoms with Crippen LogP contribution in [0.25, 0.3) is 0 Å². The van der Waals surface area contributed by atoms with Crippen LogP contribution in [0.15, 0.2) is 36.5 Å². The van der Waals surface area contributed by atoms with Crippen LogP contribution in [0.4, 0.5) is 0 Å². The summed E-state index contributed by atoms with van der Waals surface area (Å²) in [6.45, 7) is 3.78. The molecule has 0 unspecified atom stereocenters. The molecule has 0 fully saturated rings. The van der Waals surface area contributed by atoms with Crippen LogP contribution in [0.3, 0.4) is 0 Å². The number of aromatic carboxylic acids is 1. The molecule has 0 spiro atoms. The van der Waals surface area contributed by atoms with Crippen LogP contribution in [-0.4, -0.2) is 11.0 Å². The Kier molecular flexibility index (Phi) is 5.17. The van der Waals surface area contributed by atoms with E-state index in [4.69, 9.17) is 4.74 Å². The summed E-state index contributed by atoms with van der Waals surface area (Å²) in [5.41, 5.74) is 1.91. The molecule has 4 nitrogen and oxygen atoms in total. The van der Waals surface area contributed by atoms with Gasteiger partial charge < -0.3 is 14.6 Å². The Morgan fingerprint density at radius 2 is 1.84 bits per heavy atom. The van der Waals surface area contributed by atoms with Gasteiger partial charge in [0.05, 0.1) is 11.7 Å². The second-order valence-corrected chi connectivity index (χ2v) is 4.01. The molecule has 0 aliphatic heterocycles. The zero-order valence-electron chi connectivity index (χ0n) is 11.1. The third-order valence-electron chi connectivity index (χ3n) is 2.50. The maximum absolute atomic E-state index is 10.6. The number of nitrogens with zero attached hydrogens (tertiary/aromatic N) is 1. The predicted octanol–water partition coefficient (Wildman–Crippen LogP) is -1.14. The Labute approximate surface area is 123 Å². The summed E-state index contributed by atoms with van der Waals surface area (Å²) < 4.78 is 5.65. The van der Waals surface area contributed by atoms with Gasteiger partial charge in [0.25, 0.3) is 0 Å². The number of carbonyl (C=O) groups is 1. The maximum atomic E-state index is 10.6. The largest absolute Gasteiger partial charge is 1.00 e. The molecule has 0 N–H and O–H groups in total. The van der Waals surface area contributed by atoms with Crippen LogP contribution in [-0.2, 0) is 0 Å². The number of aryl methyl sites for hydroxylation is 2. The van der Waals surface area contributed by atoms with Gasteiger partial charge in [-0.3, -0.25) is 4.98 Å². The average Bonchev–Trinajstić information content (AvgIpc) is 2.34. The van der Waals surface area contributed by atoms with Gasteiger partial charge in [-0.2, -0.15) is 0 Å². The zero-order valence-corrected chi connectivity index (χ0v) is 11.1. The number of carboxylic acid groups (broad SMARTS) is 1. The molecule has 0 saturated carbocycles. The topological polar surface area (TPSA) is 62.2 Å². The van der Waals surface area contributed by atoms with Gasteiger partial charge in [0.1, 0.15) is 11.5 Å². The fourth-order valence-electron chi connectivity index (χ4n) is 1.50. The summed E-state index contributed by atoms with van der Waals surface area (Å²) in [4.78, 5) is 14.8. The molecule has 0 bridgehead atoms. The second-order valence-electron chi connectivity index (χ2n) is 4.01. The number of ether oxygens (including phenoxy) is 1. The van der Waals surface area contributed by atoms with Crippen LogP contribution in [0.2, 0.25) is 0 Å². The summed E-state index contributed by atoms with van der Waals surface area (Å²) >= 11 is 0. The van der Waals surface area contributed by atoms with Crippen molar-refractivity contribution in [3.05, 3.63) is 53.3 Å². The van der Waals surface area contributed by atoms with Crippen molar-refractivity contribution in [3.63, 3.8) is 0 Å². The molecule has 1 aromatic carbocycles. The molecule has 0 saturated heterocycles. The van der Waals surface area contributed by atoms with E-state index < -0.39 is 5.97 Å². The molecule has 2 rings (SSSR count). The quantitative estimate of drug-likeness (QED) is 0.645. The molecular weight excluding hydrogens is 237 g/mol. The standard InChI is InChI=1S/C14H13NO3.Li/c1-9-7-13(10(2)15-8-9)18-12-5-3-11(4-6-12)14(16)17;/h3-8H,1-2H3,(H,16,17);/q;+1/p-1. The van der Waals surface area contributed by atoms with Gasteiger partial charge in [0, 0.05) is 6.20 Å². The molecule has 92 valence electrons. The maximum Gasteiger partial charge on any atom is 1.00 e. The number of aromatic nitrogens is 1. The van der Waals surface area contributed by atoms with E-state index in [0.29, 0.717) is 11.5 Å². The first-order chi connectivity index (χ1) is 8.56. The first kappa shape index (κ1) is 15.3. The fraction of sp³-hybridized carbons (Fsp3) is 0.143. The van der Waals surface area contributed by atoms with Gasteiger partial charge in [0.2, 0.25) is 0 Å². The monoisotopic (exact) mass is 249 g/mol. The minimum absolute atomic E-state index is 0. The van der Waals surface area contributed by atoms with Crippen molar-refractivity contribution < 1.29 is 33.5 Å².